The third-order valence-electron chi connectivity index (χ3n) is 4.42. The van der Waals surface area contributed by atoms with Crippen LogP contribution in [0.1, 0.15) is 63.9 Å². The van der Waals surface area contributed by atoms with Crippen molar-refractivity contribution in [2.24, 2.45) is 5.73 Å². The molecule has 0 saturated heterocycles. The molecule has 0 spiro atoms. The number of rotatable bonds is 11. The number of fused-ring (bicyclic) bond motifs is 1. The van der Waals surface area contributed by atoms with Crippen LogP contribution in [0, 0.1) is 0 Å². The van der Waals surface area contributed by atoms with Gasteiger partial charge in [0.05, 0.1) is 0 Å². The Morgan fingerprint density at radius 3 is 2.32 bits per heavy atom. The molecule has 150 valence electrons. The Labute approximate surface area is 189 Å². The maximum atomic E-state index is 10.6. The molecule has 0 aliphatic carbocycles. The maximum Gasteiger partial charge on any atom is 1.00 e. The number of para-hydroxylation sites is 1. The van der Waals surface area contributed by atoms with Crippen molar-refractivity contribution in [2.75, 3.05) is 0 Å². The van der Waals surface area contributed by atoms with Gasteiger partial charge in [-0.2, -0.15) is 0 Å². The summed E-state index contributed by atoms with van der Waals surface area (Å²) in [7, 11) is 0. The molecule has 0 aliphatic rings. The molecule has 0 saturated carbocycles. The summed E-state index contributed by atoms with van der Waals surface area (Å²) in [5.74, 6) is -1.89. The fourth-order valence-corrected chi connectivity index (χ4v) is 2.85. The number of aromatic amines is 1. The molecule has 0 fully saturated rings. The van der Waals surface area contributed by atoms with Crippen LogP contribution < -0.4 is 40.4 Å². The summed E-state index contributed by atoms with van der Waals surface area (Å²) in [4.78, 5) is 23.7. The second-order valence-electron chi connectivity index (χ2n) is 6.75. The minimum Gasteiger partial charge on any atom is -0.550 e. The van der Waals surface area contributed by atoms with Crippen LogP contribution in [0.25, 0.3) is 10.9 Å². The average Bonchev–Trinajstić information content (AvgIpc) is 3.04. The fourth-order valence-electron chi connectivity index (χ4n) is 2.85. The van der Waals surface area contributed by atoms with Gasteiger partial charge >= 0.3 is 35.5 Å². The molecule has 7 heteroatoms. The van der Waals surface area contributed by atoms with E-state index in [1.165, 1.54) is 32.1 Å². The predicted molar refractivity (Wildman–Crippen MR) is 105 cm³/mol. The van der Waals surface area contributed by atoms with Gasteiger partial charge in [-0.05, 0) is 24.5 Å². The first-order chi connectivity index (χ1) is 13.0. The zero-order valence-electron chi connectivity index (χ0n) is 17.1. The van der Waals surface area contributed by atoms with Gasteiger partial charge in [0.2, 0.25) is 0 Å². The second-order valence-corrected chi connectivity index (χ2v) is 6.75. The number of hydrogen-bond donors (Lipinski definition) is 3. The van der Waals surface area contributed by atoms with Crippen LogP contribution in [-0.2, 0) is 16.0 Å². The van der Waals surface area contributed by atoms with Crippen LogP contribution in [0.4, 0.5) is 0 Å². The van der Waals surface area contributed by atoms with Crippen LogP contribution in [0.2, 0.25) is 0 Å². The Kier molecular flexibility index (Phi) is 14.8. The number of carboxylic acid groups (broad SMARTS) is 2. The molecule has 0 unspecified atom stereocenters. The molecule has 0 amide bonds. The number of nitrogens with two attached hydrogens (primary N) is 1. The van der Waals surface area contributed by atoms with Crippen molar-refractivity contribution in [1.29, 1.82) is 0 Å². The van der Waals surface area contributed by atoms with E-state index in [1.54, 1.807) is 0 Å². The number of aromatic nitrogens is 1. The molecule has 2 rings (SSSR count). The maximum absolute atomic E-state index is 10.6. The zero-order valence-corrected chi connectivity index (χ0v) is 19.1. The first-order valence-electron chi connectivity index (χ1n) is 9.69. The first-order valence-corrected chi connectivity index (χ1v) is 9.69. The minimum absolute atomic E-state index is 0. The van der Waals surface area contributed by atoms with Crippen molar-refractivity contribution in [2.45, 2.75) is 70.8 Å². The van der Waals surface area contributed by atoms with Crippen molar-refractivity contribution >= 4 is 22.8 Å². The van der Waals surface area contributed by atoms with Crippen molar-refractivity contribution in [1.82, 2.24) is 4.98 Å². The standard InChI is InChI=1S/C11H12N2O2.C10H20O2.Na/c12-9(11(14)15)5-7-6-13-10-4-2-1-3-8(7)10;1-2-3-4-5-6-7-8-9-10(11)12;/h1-4,6,9,13H,5,12H2,(H,14,15);2-9H2,1H3,(H,11,12);/q;;+1/p-1/t9-;;/m0../s1. The van der Waals surface area contributed by atoms with Gasteiger partial charge in [0.1, 0.15) is 6.04 Å². The average molecular weight is 398 g/mol. The van der Waals surface area contributed by atoms with Gasteiger partial charge in [-0.15, -0.1) is 0 Å². The Hall–Kier alpha value is -1.34. The second kappa shape index (κ2) is 15.6. The topological polar surface area (TPSA) is 119 Å². The summed E-state index contributed by atoms with van der Waals surface area (Å²) in [6, 6.07) is 6.91. The van der Waals surface area contributed by atoms with E-state index in [-0.39, 0.29) is 36.0 Å². The Morgan fingerprint density at radius 2 is 1.71 bits per heavy atom. The quantitative estimate of drug-likeness (QED) is 0.364. The van der Waals surface area contributed by atoms with Gasteiger partial charge < -0.3 is 25.7 Å². The van der Waals surface area contributed by atoms with Crippen LogP contribution >= 0.6 is 0 Å². The molecular weight excluding hydrogens is 367 g/mol. The molecule has 2 aromatic rings. The number of hydrogen-bond acceptors (Lipinski definition) is 4. The van der Waals surface area contributed by atoms with E-state index in [2.05, 4.69) is 11.9 Å². The summed E-state index contributed by atoms with van der Waals surface area (Å²) in [6.07, 6.45) is 10.5. The van der Waals surface area contributed by atoms with E-state index < -0.39 is 18.0 Å². The van der Waals surface area contributed by atoms with Gasteiger partial charge in [-0.1, -0.05) is 63.6 Å². The smallest absolute Gasteiger partial charge is 0.550 e. The number of aliphatic carboxylic acids is 2. The van der Waals surface area contributed by atoms with Gasteiger partial charge in [0.25, 0.3) is 0 Å². The number of benzene rings is 1. The van der Waals surface area contributed by atoms with E-state index in [4.69, 9.17) is 10.8 Å². The molecule has 0 radical (unpaired) electrons. The monoisotopic (exact) mass is 398 g/mol. The number of carbonyl (C=O) groups is 2. The summed E-state index contributed by atoms with van der Waals surface area (Å²) in [5, 5.41) is 19.8. The molecule has 4 N–H and O–H groups in total. The number of carboxylic acids is 2. The Bertz CT molecular complexity index is 703. The summed E-state index contributed by atoms with van der Waals surface area (Å²) < 4.78 is 0. The number of unbranched alkanes of at least 4 members (excludes halogenated alkanes) is 6. The van der Waals surface area contributed by atoms with Crippen LogP contribution in [-0.4, -0.2) is 28.1 Å². The van der Waals surface area contributed by atoms with E-state index in [9.17, 15) is 14.7 Å². The van der Waals surface area contributed by atoms with Gasteiger partial charge in [-0.25, -0.2) is 0 Å². The predicted octanol–water partition coefficient (Wildman–Crippen LogP) is 0.00330. The molecule has 0 aliphatic heterocycles. The molecule has 1 heterocycles. The molecule has 6 nitrogen and oxygen atoms in total. The van der Waals surface area contributed by atoms with E-state index >= 15 is 0 Å². The molecule has 1 aromatic carbocycles. The van der Waals surface area contributed by atoms with Crippen molar-refractivity contribution in [3.63, 3.8) is 0 Å². The minimum atomic E-state index is -0.972. The first kappa shape index (κ1) is 26.7. The number of nitrogens with one attached hydrogen (secondary N) is 1. The molecular formula is C21H31N2NaO4. The van der Waals surface area contributed by atoms with Crippen molar-refractivity contribution in [3.8, 4) is 0 Å². The summed E-state index contributed by atoms with van der Waals surface area (Å²) in [5.41, 5.74) is 7.43. The molecule has 28 heavy (non-hydrogen) atoms. The van der Waals surface area contributed by atoms with Gasteiger partial charge in [0, 0.05) is 29.5 Å². The third kappa shape index (κ3) is 10.9. The molecule has 0 bridgehead atoms. The van der Waals surface area contributed by atoms with Gasteiger partial charge in [-0.3, -0.25) is 4.79 Å². The van der Waals surface area contributed by atoms with Crippen molar-refractivity contribution in [3.05, 3.63) is 36.0 Å². The van der Waals surface area contributed by atoms with Gasteiger partial charge in [0.15, 0.2) is 0 Å². The van der Waals surface area contributed by atoms with Crippen LogP contribution in [0.3, 0.4) is 0 Å². The number of H-pyrrole nitrogens is 1. The summed E-state index contributed by atoms with van der Waals surface area (Å²) in [6.45, 7) is 2.19. The van der Waals surface area contributed by atoms with E-state index in [0.29, 0.717) is 6.42 Å². The van der Waals surface area contributed by atoms with E-state index in [0.717, 1.165) is 29.3 Å². The molecule has 1 atom stereocenters. The SMILES string of the molecule is CCCCCCCCCC(=O)[O-].N[C@@H](Cc1c[nH]c2ccccc12)C(=O)O.[Na+]. The number of carbonyl (C=O) groups excluding carboxylic acids is 1. The van der Waals surface area contributed by atoms with Crippen molar-refractivity contribution < 1.29 is 49.4 Å². The normalized spacial score (nSPS) is 11.2. The fraction of sp³-hybridized carbons (Fsp3) is 0.524. The zero-order chi connectivity index (χ0) is 20.1. The largest absolute Gasteiger partial charge is 1.00 e. The third-order valence-corrected chi connectivity index (χ3v) is 4.42. The summed E-state index contributed by atoms with van der Waals surface area (Å²) >= 11 is 0. The van der Waals surface area contributed by atoms with Crippen LogP contribution in [0.5, 0.6) is 0 Å². The Balaban J connectivity index is 0.000000518. The molecule has 1 aromatic heterocycles. The van der Waals surface area contributed by atoms with E-state index in [1.807, 2.05) is 30.5 Å². The Morgan fingerprint density at radius 1 is 1.11 bits per heavy atom. The van der Waals surface area contributed by atoms with Crippen LogP contribution in [0.15, 0.2) is 30.5 Å².